The van der Waals surface area contributed by atoms with E-state index in [9.17, 15) is 9.59 Å². The van der Waals surface area contributed by atoms with Crippen molar-refractivity contribution in [1.82, 2.24) is 5.32 Å². The van der Waals surface area contributed by atoms with Crippen LogP contribution in [0.15, 0.2) is 60.7 Å². The average molecular weight is 534 g/mol. The minimum Gasteiger partial charge on any atom is -0.380 e. The molecule has 218 valence electrons. The van der Waals surface area contributed by atoms with Crippen molar-refractivity contribution in [2.45, 2.75) is 74.7 Å². The predicted octanol–water partition coefficient (Wildman–Crippen LogP) is 7.62. The van der Waals surface area contributed by atoms with Crippen molar-refractivity contribution in [3.63, 3.8) is 0 Å². The maximum absolute atomic E-state index is 11.7. The van der Waals surface area contributed by atoms with Crippen molar-refractivity contribution in [1.29, 1.82) is 0 Å². The first-order valence-electron chi connectivity index (χ1n) is 13.8. The van der Waals surface area contributed by atoms with Gasteiger partial charge >= 0.3 is 0 Å². The summed E-state index contributed by atoms with van der Waals surface area (Å²) in [5.41, 5.74) is 1.47. The van der Waals surface area contributed by atoms with E-state index >= 15 is 0 Å². The van der Waals surface area contributed by atoms with Crippen LogP contribution in [-0.4, -0.2) is 57.9 Å². The van der Waals surface area contributed by atoms with Crippen LogP contribution in [0.1, 0.15) is 95.4 Å². The summed E-state index contributed by atoms with van der Waals surface area (Å²) in [7, 11) is 0. The first-order chi connectivity index (χ1) is 18.2. The van der Waals surface area contributed by atoms with Crippen molar-refractivity contribution in [3.05, 3.63) is 71.8 Å². The van der Waals surface area contributed by atoms with Crippen molar-refractivity contribution in [2.75, 3.05) is 46.2 Å². The second-order valence-electron chi connectivity index (χ2n) is 7.35. The van der Waals surface area contributed by atoms with Crippen LogP contribution in [0.5, 0.6) is 0 Å². The van der Waals surface area contributed by atoms with Gasteiger partial charge in [-0.3, -0.25) is 9.59 Å². The van der Waals surface area contributed by atoms with Gasteiger partial charge in [-0.2, -0.15) is 0 Å². The Morgan fingerprint density at radius 3 is 1.58 bits per heavy atom. The summed E-state index contributed by atoms with van der Waals surface area (Å²) in [4.78, 5) is 23.2. The Balaban J connectivity index is -0.000000563. The molecule has 0 unspecified atom stereocenters. The van der Waals surface area contributed by atoms with E-state index in [1.807, 2.05) is 76.2 Å². The molecule has 2 aromatic rings. The van der Waals surface area contributed by atoms with E-state index in [1.54, 1.807) is 12.1 Å². The molecule has 0 aliphatic heterocycles. The normalized spacial score (nSPS) is 9.21. The maximum Gasteiger partial charge on any atom is 0.251 e. The largest absolute Gasteiger partial charge is 0.380 e. The molecular formula is C32H55NO5. The quantitative estimate of drug-likeness (QED) is 0.177. The number of Topliss-reactive ketones (excluding diaryl/α,β-unsaturated/α-hetero) is 1. The van der Waals surface area contributed by atoms with Crippen LogP contribution in [-0.2, 0) is 14.2 Å². The zero-order valence-corrected chi connectivity index (χ0v) is 24.1. The molecule has 0 saturated heterocycles. The Labute approximate surface area is 233 Å². The fourth-order valence-electron chi connectivity index (χ4n) is 2.74. The Morgan fingerprint density at radius 1 is 0.632 bits per heavy atom. The summed E-state index contributed by atoms with van der Waals surface area (Å²) in [6, 6.07) is 18.6. The highest BCUT2D eigenvalue weighted by Crippen LogP contribution is 2.05. The summed E-state index contributed by atoms with van der Waals surface area (Å²) in [6.07, 6.45) is 3.35. The van der Waals surface area contributed by atoms with Gasteiger partial charge in [0.25, 0.3) is 5.91 Å². The summed E-state index contributed by atoms with van der Waals surface area (Å²) in [5, 5.41) is 2.79. The Morgan fingerprint density at radius 2 is 1.08 bits per heavy atom. The van der Waals surface area contributed by atoms with Crippen molar-refractivity contribution in [3.8, 4) is 0 Å². The Bertz CT molecular complexity index is 738. The molecule has 1 N–H and O–H groups in total. The number of carbonyl (C=O) groups is 2. The van der Waals surface area contributed by atoms with Crippen LogP contribution < -0.4 is 5.32 Å². The highest BCUT2D eigenvalue weighted by atomic mass is 16.5. The summed E-state index contributed by atoms with van der Waals surface area (Å²) in [6.45, 7) is 16.7. The predicted molar refractivity (Wildman–Crippen MR) is 161 cm³/mol. The second kappa shape index (κ2) is 32.5. The average Bonchev–Trinajstić information content (AvgIpc) is 2.97. The molecule has 38 heavy (non-hydrogen) atoms. The Kier molecular flexibility index (Phi) is 34.2. The molecule has 0 atom stereocenters. The van der Waals surface area contributed by atoms with Crippen LogP contribution in [0.25, 0.3) is 0 Å². The van der Waals surface area contributed by atoms with Gasteiger partial charge in [0.15, 0.2) is 5.78 Å². The van der Waals surface area contributed by atoms with Gasteiger partial charge in [-0.1, -0.05) is 97.5 Å². The van der Waals surface area contributed by atoms with Crippen LogP contribution >= 0.6 is 0 Å². The molecule has 6 heteroatoms. The number of amides is 1. The van der Waals surface area contributed by atoms with Gasteiger partial charge in [0, 0.05) is 43.9 Å². The van der Waals surface area contributed by atoms with Crippen LogP contribution in [0.3, 0.4) is 0 Å². The monoisotopic (exact) mass is 533 g/mol. The van der Waals surface area contributed by atoms with Crippen molar-refractivity contribution < 1.29 is 23.8 Å². The second-order valence-corrected chi connectivity index (χ2v) is 7.35. The third-order valence-electron chi connectivity index (χ3n) is 4.43. The molecule has 0 saturated carbocycles. The highest BCUT2D eigenvalue weighted by molar-refractivity contribution is 5.96. The lowest BCUT2D eigenvalue weighted by Gasteiger charge is -2.05. The van der Waals surface area contributed by atoms with E-state index in [1.165, 1.54) is 0 Å². The SMILES string of the molecule is C.CC.CC.CCCOCCNC(=O)c1ccccc1.CCCOCCOCCCC(=O)c1ccccc1. The molecule has 0 aromatic heterocycles. The standard InChI is InChI=1S/C15H22O3.C12H17NO2.2C2H6.CH4/c1-2-10-17-12-13-18-11-6-9-15(16)14-7-4-3-5-8-14;1-2-9-15-10-8-13-12(14)11-6-4-3-5-7-11;2*1-2;/h3-5,7-8H,2,6,9-13H2,1H3;3-7H,2,8-10H2,1H3,(H,13,14);2*1-2H3;1H4. The number of ether oxygens (including phenoxy) is 3. The van der Waals surface area contributed by atoms with Gasteiger partial charge in [-0.05, 0) is 31.4 Å². The number of hydrogen-bond donors (Lipinski definition) is 1. The van der Waals surface area contributed by atoms with Gasteiger partial charge in [-0.25, -0.2) is 0 Å². The molecule has 0 radical (unpaired) electrons. The number of nitrogens with one attached hydrogen (secondary N) is 1. The summed E-state index contributed by atoms with van der Waals surface area (Å²) in [5.74, 6) is 0.136. The van der Waals surface area contributed by atoms with E-state index in [0.717, 1.165) is 38.0 Å². The molecule has 0 spiro atoms. The summed E-state index contributed by atoms with van der Waals surface area (Å²) < 4.78 is 15.9. The molecular weight excluding hydrogens is 478 g/mol. The zero-order valence-electron chi connectivity index (χ0n) is 24.1. The maximum atomic E-state index is 11.7. The zero-order chi connectivity index (χ0) is 28.0. The number of carbonyl (C=O) groups excluding carboxylic acids is 2. The van der Waals surface area contributed by atoms with E-state index in [2.05, 4.69) is 19.2 Å². The van der Waals surface area contributed by atoms with Crippen LogP contribution in [0.2, 0.25) is 0 Å². The fraction of sp³-hybridized carbons (Fsp3) is 0.562. The topological polar surface area (TPSA) is 73.9 Å². The van der Waals surface area contributed by atoms with E-state index in [-0.39, 0.29) is 19.1 Å². The molecule has 0 aliphatic carbocycles. The van der Waals surface area contributed by atoms with E-state index in [0.29, 0.717) is 45.0 Å². The third-order valence-corrected chi connectivity index (χ3v) is 4.43. The van der Waals surface area contributed by atoms with Gasteiger partial charge in [-0.15, -0.1) is 0 Å². The van der Waals surface area contributed by atoms with Gasteiger partial charge in [0.05, 0.1) is 19.8 Å². The lowest BCUT2D eigenvalue weighted by molar-refractivity contribution is 0.0463. The van der Waals surface area contributed by atoms with Crippen molar-refractivity contribution >= 4 is 11.7 Å². The molecule has 1 amide bonds. The molecule has 0 heterocycles. The fourth-order valence-corrected chi connectivity index (χ4v) is 2.74. The number of hydrogen-bond acceptors (Lipinski definition) is 5. The first-order valence-corrected chi connectivity index (χ1v) is 13.8. The van der Waals surface area contributed by atoms with E-state index in [4.69, 9.17) is 14.2 Å². The highest BCUT2D eigenvalue weighted by Gasteiger charge is 2.04. The van der Waals surface area contributed by atoms with Gasteiger partial charge < -0.3 is 19.5 Å². The molecule has 2 rings (SSSR count). The molecule has 6 nitrogen and oxygen atoms in total. The van der Waals surface area contributed by atoms with Crippen LogP contribution in [0, 0.1) is 0 Å². The number of ketones is 1. The number of rotatable bonds is 16. The van der Waals surface area contributed by atoms with Gasteiger partial charge in [0.1, 0.15) is 0 Å². The minimum absolute atomic E-state index is 0. The number of benzene rings is 2. The lowest BCUT2D eigenvalue weighted by atomic mass is 10.1. The van der Waals surface area contributed by atoms with Gasteiger partial charge in [0.2, 0.25) is 0 Å². The van der Waals surface area contributed by atoms with Crippen molar-refractivity contribution in [2.24, 2.45) is 0 Å². The smallest absolute Gasteiger partial charge is 0.251 e. The third kappa shape index (κ3) is 23.8. The van der Waals surface area contributed by atoms with Crippen LogP contribution in [0.4, 0.5) is 0 Å². The Hall–Kier alpha value is -2.54. The first kappa shape index (κ1) is 40.0. The van der Waals surface area contributed by atoms with E-state index < -0.39 is 0 Å². The lowest BCUT2D eigenvalue weighted by Crippen LogP contribution is -2.27. The molecule has 2 aromatic carbocycles. The molecule has 0 bridgehead atoms. The molecule has 0 aliphatic rings. The minimum atomic E-state index is -0.0456. The summed E-state index contributed by atoms with van der Waals surface area (Å²) >= 11 is 0. The molecule has 0 fully saturated rings.